The maximum atomic E-state index is 6.25. The molecular weight excluding hydrogens is 407 g/mol. The van der Waals surface area contributed by atoms with E-state index in [0.717, 1.165) is 35.5 Å². The molecule has 29 heavy (non-hydrogen) atoms. The van der Waals surface area contributed by atoms with Gasteiger partial charge in [-0.1, -0.05) is 35.3 Å². The Bertz CT molecular complexity index is 928. The molecule has 2 aromatic carbocycles. The summed E-state index contributed by atoms with van der Waals surface area (Å²) in [7, 11) is 1.91. The molecule has 1 heterocycles. The third-order valence-corrected chi connectivity index (χ3v) is 4.72. The van der Waals surface area contributed by atoms with E-state index < -0.39 is 0 Å². The molecule has 0 aliphatic rings. The lowest BCUT2D eigenvalue weighted by Gasteiger charge is -2.16. The number of benzene rings is 2. The largest absolute Gasteiger partial charge is 0.455 e. The van der Waals surface area contributed by atoms with Crippen molar-refractivity contribution in [2.45, 2.75) is 13.0 Å². The Morgan fingerprint density at radius 2 is 1.86 bits per heavy atom. The number of nitrogens with zero attached hydrogens (tertiary/aromatic N) is 1. The fourth-order valence-corrected chi connectivity index (χ4v) is 3.54. The molecule has 0 spiro atoms. The molecular formula is C22H24Cl2N4O. The van der Waals surface area contributed by atoms with Crippen LogP contribution in [0, 0.1) is 0 Å². The zero-order valence-electron chi connectivity index (χ0n) is 16.2. The Labute approximate surface area is 181 Å². The van der Waals surface area contributed by atoms with Crippen LogP contribution in [0.1, 0.15) is 12.0 Å². The van der Waals surface area contributed by atoms with Crippen molar-refractivity contribution in [1.29, 1.82) is 0 Å². The minimum absolute atomic E-state index is 0.576. The van der Waals surface area contributed by atoms with Crippen LogP contribution < -0.4 is 21.1 Å². The molecule has 3 rings (SSSR count). The Balaban J connectivity index is 1.92. The second kappa shape index (κ2) is 10.5. The maximum Gasteiger partial charge on any atom is 0.145 e. The molecule has 4 N–H and O–H groups in total. The lowest BCUT2D eigenvalue weighted by atomic mass is 9.98. The summed E-state index contributed by atoms with van der Waals surface area (Å²) in [6.45, 7) is 2.11. The van der Waals surface area contributed by atoms with Crippen LogP contribution in [0.25, 0.3) is 11.1 Å². The zero-order valence-corrected chi connectivity index (χ0v) is 17.7. The van der Waals surface area contributed by atoms with Gasteiger partial charge in [0.2, 0.25) is 0 Å². The molecule has 0 unspecified atom stereocenters. The summed E-state index contributed by atoms with van der Waals surface area (Å²) in [4.78, 5) is 4.40. The van der Waals surface area contributed by atoms with Gasteiger partial charge in [0.05, 0.1) is 6.20 Å². The molecule has 0 aliphatic carbocycles. The number of anilines is 1. The normalized spacial score (nSPS) is 10.8. The van der Waals surface area contributed by atoms with Crippen LogP contribution in [0.3, 0.4) is 0 Å². The molecule has 7 heteroatoms. The van der Waals surface area contributed by atoms with E-state index in [0.29, 0.717) is 34.6 Å². The minimum atomic E-state index is 0.576. The van der Waals surface area contributed by atoms with Crippen molar-refractivity contribution in [3.63, 3.8) is 0 Å². The average molecular weight is 431 g/mol. The van der Waals surface area contributed by atoms with Crippen LogP contribution in [0.5, 0.6) is 11.5 Å². The van der Waals surface area contributed by atoms with Crippen molar-refractivity contribution in [3.8, 4) is 22.6 Å². The van der Waals surface area contributed by atoms with Gasteiger partial charge in [0.1, 0.15) is 17.3 Å². The van der Waals surface area contributed by atoms with Crippen molar-refractivity contribution in [3.05, 3.63) is 70.3 Å². The van der Waals surface area contributed by atoms with Crippen LogP contribution in [0.2, 0.25) is 10.0 Å². The maximum absolute atomic E-state index is 6.25. The lowest BCUT2D eigenvalue weighted by Crippen LogP contribution is -2.09. The number of nitrogens with two attached hydrogens (primary N) is 1. The SMILES string of the molecule is CNCc1cccc(Oc2ccc(NCCCN)nc2)c1-c1cc(Cl)cc(Cl)c1. The minimum Gasteiger partial charge on any atom is -0.455 e. The smallest absolute Gasteiger partial charge is 0.145 e. The Morgan fingerprint density at radius 3 is 2.52 bits per heavy atom. The van der Waals surface area contributed by atoms with Gasteiger partial charge in [0, 0.05) is 28.7 Å². The highest BCUT2D eigenvalue weighted by molar-refractivity contribution is 6.35. The summed E-state index contributed by atoms with van der Waals surface area (Å²) >= 11 is 12.5. The van der Waals surface area contributed by atoms with Gasteiger partial charge in [0.25, 0.3) is 0 Å². The molecule has 1 aromatic heterocycles. The van der Waals surface area contributed by atoms with Gasteiger partial charge in [-0.25, -0.2) is 4.98 Å². The predicted molar refractivity (Wildman–Crippen MR) is 121 cm³/mol. The first-order valence-corrected chi connectivity index (χ1v) is 10.2. The molecule has 5 nitrogen and oxygen atoms in total. The highest BCUT2D eigenvalue weighted by Crippen LogP contribution is 2.38. The number of nitrogens with one attached hydrogen (secondary N) is 2. The van der Waals surface area contributed by atoms with Crippen LogP contribution >= 0.6 is 23.2 Å². The number of rotatable bonds is 9. The molecule has 0 bridgehead atoms. The van der Waals surface area contributed by atoms with Crippen molar-refractivity contribution < 1.29 is 4.74 Å². The van der Waals surface area contributed by atoms with Gasteiger partial charge >= 0.3 is 0 Å². The Hall–Kier alpha value is -2.31. The number of aromatic nitrogens is 1. The fourth-order valence-electron chi connectivity index (χ4n) is 3.02. The quantitative estimate of drug-likeness (QED) is 0.400. The van der Waals surface area contributed by atoms with E-state index in [9.17, 15) is 0 Å². The molecule has 0 aliphatic heterocycles. The number of pyridine rings is 1. The summed E-state index contributed by atoms with van der Waals surface area (Å²) < 4.78 is 6.19. The van der Waals surface area contributed by atoms with E-state index in [1.54, 1.807) is 12.3 Å². The number of hydrogen-bond acceptors (Lipinski definition) is 5. The van der Waals surface area contributed by atoms with E-state index in [2.05, 4.69) is 21.7 Å². The highest BCUT2D eigenvalue weighted by atomic mass is 35.5. The van der Waals surface area contributed by atoms with Crippen molar-refractivity contribution in [2.75, 3.05) is 25.5 Å². The third kappa shape index (κ3) is 5.84. The molecule has 0 radical (unpaired) electrons. The van der Waals surface area contributed by atoms with E-state index in [1.807, 2.05) is 43.4 Å². The van der Waals surface area contributed by atoms with Crippen molar-refractivity contribution >= 4 is 29.0 Å². The molecule has 0 fully saturated rings. The second-order valence-corrected chi connectivity index (χ2v) is 7.40. The summed E-state index contributed by atoms with van der Waals surface area (Å²) in [6.07, 6.45) is 2.59. The van der Waals surface area contributed by atoms with Gasteiger partial charge < -0.3 is 21.1 Å². The number of ether oxygens (including phenoxy) is 1. The Morgan fingerprint density at radius 1 is 1.07 bits per heavy atom. The molecule has 3 aromatic rings. The van der Waals surface area contributed by atoms with Crippen LogP contribution in [-0.4, -0.2) is 25.1 Å². The zero-order chi connectivity index (χ0) is 20.6. The molecule has 0 atom stereocenters. The monoisotopic (exact) mass is 430 g/mol. The van der Waals surface area contributed by atoms with Gasteiger partial charge in [-0.3, -0.25) is 0 Å². The fraction of sp³-hybridized carbons (Fsp3) is 0.227. The van der Waals surface area contributed by atoms with Gasteiger partial charge in [-0.2, -0.15) is 0 Å². The van der Waals surface area contributed by atoms with E-state index in [4.69, 9.17) is 33.7 Å². The second-order valence-electron chi connectivity index (χ2n) is 6.53. The predicted octanol–water partition coefficient (Wildman–Crippen LogP) is 5.33. The molecule has 0 saturated heterocycles. The van der Waals surface area contributed by atoms with Gasteiger partial charge in [-0.15, -0.1) is 0 Å². The molecule has 152 valence electrons. The summed E-state index contributed by atoms with van der Waals surface area (Å²) in [5.41, 5.74) is 8.44. The van der Waals surface area contributed by atoms with E-state index in [1.165, 1.54) is 0 Å². The topological polar surface area (TPSA) is 72.2 Å². The number of halogens is 2. The summed E-state index contributed by atoms with van der Waals surface area (Å²) in [5, 5.41) is 7.58. The van der Waals surface area contributed by atoms with Crippen LogP contribution in [0.15, 0.2) is 54.7 Å². The van der Waals surface area contributed by atoms with Crippen LogP contribution in [0.4, 0.5) is 5.82 Å². The number of hydrogen-bond donors (Lipinski definition) is 3. The van der Waals surface area contributed by atoms with Gasteiger partial charge in [-0.05, 0) is 67.5 Å². The lowest BCUT2D eigenvalue weighted by molar-refractivity contribution is 0.481. The standard InChI is InChI=1S/C22H24Cl2N4O/c1-26-13-15-4-2-5-20(22(15)16-10-17(23)12-18(24)11-16)29-19-6-7-21(28-14-19)27-9-3-8-25/h2,4-7,10-12,14,26H,3,8-9,13,25H2,1H3,(H,27,28). The average Bonchev–Trinajstić information content (AvgIpc) is 2.69. The van der Waals surface area contributed by atoms with E-state index in [-0.39, 0.29) is 0 Å². The highest BCUT2D eigenvalue weighted by Gasteiger charge is 2.14. The van der Waals surface area contributed by atoms with Gasteiger partial charge in [0.15, 0.2) is 0 Å². The first-order valence-electron chi connectivity index (χ1n) is 9.41. The van der Waals surface area contributed by atoms with Crippen molar-refractivity contribution in [2.24, 2.45) is 5.73 Å². The Kier molecular flexibility index (Phi) is 7.72. The van der Waals surface area contributed by atoms with Crippen LogP contribution in [-0.2, 0) is 6.54 Å². The molecule has 0 amide bonds. The summed E-state index contributed by atoms with van der Waals surface area (Å²) in [5.74, 6) is 2.14. The summed E-state index contributed by atoms with van der Waals surface area (Å²) in [6, 6.07) is 15.2. The van der Waals surface area contributed by atoms with E-state index >= 15 is 0 Å². The first kappa shape index (κ1) is 21.4. The van der Waals surface area contributed by atoms with Crippen molar-refractivity contribution in [1.82, 2.24) is 10.3 Å². The third-order valence-electron chi connectivity index (χ3n) is 4.28. The first-order chi connectivity index (χ1) is 14.1. The molecule has 0 saturated carbocycles.